The molecule has 0 aliphatic carbocycles. The Bertz CT molecular complexity index is 1260. The van der Waals surface area contributed by atoms with Crippen molar-refractivity contribution in [2.75, 3.05) is 5.73 Å². The minimum Gasteiger partial charge on any atom is -0.439 e. The van der Waals surface area contributed by atoms with Crippen LogP contribution >= 0.6 is 0 Å². The second-order valence-corrected chi connectivity index (χ2v) is 8.70. The highest BCUT2D eigenvalue weighted by molar-refractivity contribution is 5.74. The first-order valence-electron chi connectivity index (χ1n) is 10.7. The van der Waals surface area contributed by atoms with Gasteiger partial charge in [0.05, 0.1) is 23.8 Å². The van der Waals surface area contributed by atoms with Crippen LogP contribution in [0.4, 0.5) is 28.0 Å². The third-order valence-corrected chi connectivity index (χ3v) is 6.06. The number of anilines is 1. The first-order chi connectivity index (χ1) is 15.9. The molecule has 178 valence electrons. The second-order valence-electron chi connectivity index (χ2n) is 8.70. The lowest BCUT2D eigenvalue weighted by molar-refractivity contribution is -0.137. The molecule has 8 heteroatoms. The number of nitrogens with zero attached hydrogens (tertiary/aromatic N) is 1. The van der Waals surface area contributed by atoms with Crippen LogP contribution in [0.25, 0.3) is 11.1 Å². The van der Waals surface area contributed by atoms with Gasteiger partial charge in [0.1, 0.15) is 11.9 Å². The Morgan fingerprint density at radius 3 is 2.41 bits per heavy atom. The summed E-state index contributed by atoms with van der Waals surface area (Å²) in [6.45, 7) is 5.40. The maximum absolute atomic E-state index is 13.7. The molecule has 2 atom stereocenters. The van der Waals surface area contributed by atoms with E-state index in [4.69, 9.17) is 10.5 Å². The molecule has 1 amide bonds. The van der Waals surface area contributed by atoms with Gasteiger partial charge in [-0.25, -0.2) is 9.18 Å². The van der Waals surface area contributed by atoms with Gasteiger partial charge in [0, 0.05) is 0 Å². The third-order valence-electron chi connectivity index (χ3n) is 6.06. The predicted octanol–water partition coefficient (Wildman–Crippen LogP) is 6.79. The topological polar surface area (TPSA) is 55.6 Å². The zero-order valence-corrected chi connectivity index (χ0v) is 18.9. The summed E-state index contributed by atoms with van der Waals surface area (Å²) in [7, 11) is 0. The molecule has 0 unspecified atom stereocenters. The Kier molecular flexibility index (Phi) is 6.02. The molecule has 0 radical (unpaired) electrons. The average molecular weight is 472 g/mol. The number of ether oxygens (including phenoxy) is 1. The van der Waals surface area contributed by atoms with Crippen molar-refractivity contribution < 1.29 is 27.1 Å². The zero-order valence-electron chi connectivity index (χ0n) is 18.9. The fourth-order valence-electron chi connectivity index (χ4n) is 4.33. The van der Waals surface area contributed by atoms with E-state index in [1.807, 2.05) is 25.1 Å². The van der Waals surface area contributed by atoms with Crippen LogP contribution in [0.15, 0.2) is 54.6 Å². The monoisotopic (exact) mass is 472 g/mol. The number of carbonyl (C=O) groups is 1. The molecule has 3 aromatic carbocycles. The molecule has 1 fully saturated rings. The maximum Gasteiger partial charge on any atom is 0.416 e. The van der Waals surface area contributed by atoms with E-state index < -0.39 is 35.8 Å². The number of hydrogen-bond acceptors (Lipinski definition) is 3. The summed E-state index contributed by atoms with van der Waals surface area (Å²) in [5.74, 6) is -0.520. The average Bonchev–Trinajstić information content (AvgIpc) is 3.03. The minimum absolute atomic E-state index is 0.0120. The number of rotatable bonds is 4. The van der Waals surface area contributed by atoms with E-state index in [1.165, 1.54) is 17.0 Å². The lowest BCUT2D eigenvalue weighted by Gasteiger charge is -2.23. The van der Waals surface area contributed by atoms with Gasteiger partial charge in [-0.3, -0.25) is 4.90 Å². The molecule has 1 heterocycles. The van der Waals surface area contributed by atoms with E-state index in [9.17, 15) is 22.4 Å². The number of halogens is 4. The number of cyclic esters (lactones) is 1. The van der Waals surface area contributed by atoms with Gasteiger partial charge in [0.25, 0.3) is 0 Å². The molecule has 1 aliphatic heterocycles. The van der Waals surface area contributed by atoms with Gasteiger partial charge in [-0.05, 0) is 67.3 Å². The highest BCUT2D eigenvalue weighted by Gasteiger charge is 2.41. The standard InChI is InChI=1S/C26H24F4N2O2/c1-14-4-6-21(17-5-7-22(27)23(31)12-17)19(8-14)13-32-16(3)24(34-25(32)33)18-9-15(2)10-20(11-18)26(28,29)30/h4-12,16,24H,13,31H2,1-3H3/t16-,24-/m0/s1. The first-order valence-corrected chi connectivity index (χ1v) is 10.7. The van der Waals surface area contributed by atoms with Gasteiger partial charge in [-0.15, -0.1) is 0 Å². The van der Waals surface area contributed by atoms with Crippen molar-refractivity contribution in [1.82, 2.24) is 4.90 Å². The number of hydrogen-bond donors (Lipinski definition) is 1. The maximum atomic E-state index is 13.7. The molecule has 1 saturated heterocycles. The summed E-state index contributed by atoms with van der Waals surface area (Å²) < 4.78 is 59.2. The lowest BCUT2D eigenvalue weighted by atomic mass is 9.95. The van der Waals surface area contributed by atoms with Crippen molar-refractivity contribution in [3.05, 3.63) is 88.2 Å². The molecule has 0 aromatic heterocycles. The van der Waals surface area contributed by atoms with E-state index in [2.05, 4.69) is 0 Å². The summed E-state index contributed by atoms with van der Waals surface area (Å²) >= 11 is 0. The highest BCUT2D eigenvalue weighted by Crippen LogP contribution is 2.38. The van der Waals surface area contributed by atoms with Crippen LogP contribution in [-0.4, -0.2) is 17.0 Å². The van der Waals surface area contributed by atoms with Crippen molar-refractivity contribution in [3.8, 4) is 11.1 Å². The van der Waals surface area contributed by atoms with Gasteiger partial charge in [0.15, 0.2) is 0 Å². The number of carbonyl (C=O) groups excluding carboxylic acids is 1. The number of nitrogens with two attached hydrogens (primary N) is 1. The summed E-state index contributed by atoms with van der Waals surface area (Å²) in [5, 5.41) is 0. The Morgan fingerprint density at radius 2 is 1.74 bits per heavy atom. The molecule has 0 bridgehead atoms. The number of alkyl halides is 3. The predicted molar refractivity (Wildman–Crippen MR) is 121 cm³/mol. The van der Waals surface area contributed by atoms with Crippen molar-refractivity contribution in [2.24, 2.45) is 0 Å². The van der Waals surface area contributed by atoms with Crippen LogP contribution in [-0.2, 0) is 17.5 Å². The number of amides is 1. The highest BCUT2D eigenvalue weighted by atomic mass is 19.4. The van der Waals surface area contributed by atoms with Crippen molar-refractivity contribution in [2.45, 2.75) is 45.6 Å². The Morgan fingerprint density at radius 1 is 1.00 bits per heavy atom. The van der Waals surface area contributed by atoms with Crippen LogP contribution in [0, 0.1) is 19.7 Å². The van der Waals surface area contributed by atoms with E-state index in [1.54, 1.807) is 26.0 Å². The zero-order chi connectivity index (χ0) is 24.8. The lowest BCUT2D eigenvalue weighted by Crippen LogP contribution is -2.31. The van der Waals surface area contributed by atoms with Crippen molar-refractivity contribution in [1.29, 1.82) is 0 Å². The number of benzene rings is 3. The molecule has 34 heavy (non-hydrogen) atoms. The molecule has 0 spiro atoms. The second kappa shape index (κ2) is 8.66. The Hall–Kier alpha value is -3.55. The molecule has 1 aliphatic rings. The SMILES string of the molecule is Cc1cc([C@H]2OC(=O)N(Cc3cc(C)ccc3-c3ccc(F)c(N)c3)[C@H]2C)cc(C(F)(F)F)c1. The van der Waals surface area contributed by atoms with E-state index >= 15 is 0 Å². The van der Waals surface area contributed by atoms with Gasteiger partial charge >= 0.3 is 12.3 Å². The van der Waals surface area contributed by atoms with E-state index in [-0.39, 0.29) is 12.2 Å². The van der Waals surface area contributed by atoms with Crippen molar-refractivity contribution in [3.63, 3.8) is 0 Å². The fraction of sp³-hybridized carbons (Fsp3) is 0.269. The fourth-order valence-corrected chi connectivity index (χ4v) is 4.33. The van der Waals surface area contributed by atoms with Crippen LogP contribution in [0.5, 0.6) is 0 Å². The molecule has 3 aromatic rings. The molecule has 4 nitrogen and oxygen atoms in total. The number of nitrogen functional groups attached to an aromatic ring is 1. The number of aryl methyl sites for hydroxylation is 2. The van der Waals surface area contributed by atoms with Crippen LogP contribution in [0.1, 0.15) is 40.8 Å². The molecular weight excluding hydrogens is 448 g/mol. The normalized spacial score (nSPS) is 18.3. The molecule has 2 N–H and O–H groups in total. The molecule has 4 rings (SSSR count). The van der Waals surface area contributed by atoms with Crippen LogP contribution in [0.2, 0.25) is 0 Å². The third kappa shape index (κ3) is 4.58. The molecule has 0 saturated carbocycles. The largest absolute Gasteiger partial charge is 0.439 e. The first kappa shape index (κ1) is 23.6. The smallest absolute Gasteiger partial charge is 0.416 e. The Labute approximate surface area is 194 Å². The van der Waals surface area contributed by atoms with Crippen LogP contribution in [0.3, 0.4) is 0 Å². The van der Waals surface area contributed by atoms with E-state index in [0.717, 1.165) is 28.8 Å². The summed E-state index contributed by atoms with van der Waals surface area (Å²) in [5.41, 5.74) is 8.92. The minimum atomic E-state index is -4.50. The van der Waals surface area contributed by atoms with Gasteiger partial charge in [-0.1, -0.05) is 41.5 Å². The molecular formula is C26H24F4N2O2. The van der Waals surface area contributed by atoms with Gasteiger partial charge in [0.2, 0.25) is 0 Å². The van der Waals surface area contributed by atoms with Crippen molar-refractivity contribution >= 4 is 11.8 Å². The summed E-state index contributed by atoms with van der Waals surface area (Å²) in [6.07, 6.45) is -5.96. The van der Waals surface area contributed by atoms with Crippen LogP contribution < -0.4 is 5.73 Å². The summed E-state index contributed by atoms with van der Waals surface area (Å²) in [6, 6.07) is 13.3. The quantitative estimate of drug-likeness (QED) is 0.336. The summed E-state index contributed by atoms with van der Waals surface area (Å²) in [4.78, 5) is 14.3. The van der Waals surface area contributed by atoms with Gasteiger partial charge < -0.3 is 10.5 Å². The van der Waals surface area contributed by atoms with E-state index in [0.29, 0.717) is 16.7 Å². The Balaban J connectivity index is 1.66. The van der Waals surface area contributed by atoms with Gasteiger partial charge in [-0.2, -0.15) is 13.2 Å².